The maximum atomic E-state index is 13.1. The molecule has 8 nitrogen and oxygen atoms in total. The number of thioether (sulfide) groups is 1. The number of non-ortho nitro benzene ring substituents is 1. The number of carbonyl (C=O) groups excluding carboxylic acids is 2. The maximum Gasteiger partial charge on any atom is 0.269 e. The highest BCUT2D eigenvalue weighted by atomic mass is 32.2. The molecule has 0 radical (unpaired) electrons. The summed E-state index contributed by atoms with van der Waals surface area (Å²) >= 11 is 1.06. The number of nitrogens with zero attached hydrogens (tertiary/aromatic N) is 3. The van der Waals surface area contributed by atoms with Gasteiger partial charge in [0.05, 0.1) is 10.2 Å². The van der Waals surface area contributed by atoms with Crippen LogP contribution in [0.15, 0.2) is 59.1 Å². The Bertz CT molecular complexity index is 1070. The van der Waals surface area contributed by atoms with E-state index in [9.17, 15) is 25.0 Å². The third-order valence-electron chi connectivity index (χ3n) is 4.36. The van der Waals surface area contributed by atoms with Gasteiger partial charge in [0.25, 0.3) is 11.6 Å². The van der Waals surface area contributed by atoms with Gasteiger partial charge in [-0.15, -0.1) is 0 Å². The lowest BCUT2D eigenvalue weighted by Crippen LogP contribution is -2.31. The van der Waals surface area contributed by atoms with Crippen LogP contribution in [0.1, 0.15) is 11.1 Å². The molecule has 1 fully saturated rings. The number of nitriles is 1. The molecule has 2 N–H and O–H groups in total. The molecule has 1 atom stereocenters. The molecule has 0 saturated carbocycles. The molecular weight excluding hydrogens is 392 g/mol. The number of nitro groups is 1. The highest BCUT2D eigenvalue weighted by molar-refractivity contribution is 8.05. The fourth-order valence-electron chi connectivity index (χ4n) is 2.94. The van der Waals surface area contributed by atoms with Crippen molar-refractivity contribution in [2.24, 2.45) is 5.73 Å². The van der Waals surface area contributed by atoms with Gasteiger partial charge < -0.3 is 5.73 Å². The van der Waals surface area contributed by atoms with E-state index in [4.69, 9.17) is 5.73 Å². The van der Waals surface area contributed by atoms with Crippen molar-refractivity contribution in [3.8, 4) is 6.07 Å². The topological polar surface area (TPSA) is 130 Å². The zero-order valence-corrected chi connectivity index (χ0v) is 16.2. The first kappa shape index (κ1) is 20.1. The number of rotatable bonds is 5. The highest BCUT2D eigenvalue weighted by Gasteiger charge is 2.40. The van der Waals surface area contributed by atoms with Gasteiger partial charge in [0.1, 0.15) is 16.7 Å². The van der Waals surface area contributed by atoms with Crippen LogP contribution in [-0.4, -0.2) is 22.0 Å². The fourth-order valence-corrected chi connectivity index (χ4v) is 4.26. The third-order valence-corrected chi connectivity index (χ3v) is 5.62. The van der Waals surface area contributed by atoms with Gasteiger partial charge in [-0.2, -0.15) is 5.26 Å². The first-order valence-corrected chi connectivity index (χ1v) is 9.44. The number of carbonyl (C=O) groups is 2. The van der Waals surface area contributed by atoms with Crippen LogP contribution < -0.4 is 10.6 Å². The Morgan fingerprint density at radius 3 is 2.59 bits per heavy atom. The number of amides is 2. The Labute approximate surface area is 170 Å². The zero-order valence-electron chi connectivity index (χ0n) is 15.4. The Hall–Kier alpha value is -3.64. The molecule has 9 heteroatoms. The Balaban J connectivity index is 2.01. The lowest BCUT2D eigenvalue weighted by atomic mass is 10.1. The summed E-state index contributed by atoms with van der Waals surface area (Å²) in [6.07, 6.45) is 0.203. The molecule has 0 bridgehead atoms. The van der Waals surface area contributed by atoms with Crippen molar-refractivity contribution in [3.63, 3.8) is 0 Å². The van der Waals surface area contributed by atoms with Crippen LogP contribution >= 0.6 is 11.8 Å². The predicted molar refractivity (Wildman–Crippen MR) is 109 cm³/mol. The number of benzene rings is 2. The molecule has 1 heterocycles. The Kier molecular flexibility index (Phi) is 5.66. The molecule has 2 aromatic rings. The molecule has 0 unspecified atom stereocenters. The molecule has 2 aromatic carbocycles. The minimum atomic E-state index is -0.920. The van der Waals surface area contributed by atoms with Crippen LogP contribution in [0.25, 0.3) is 0 Å². The quantitative estimate of drug-likeness (QED) is 0.350. The average Bonchev–Trinajstić information content (AvgIpc) is 2.99. The largest absolute Gasteiger partial charge is 0.365 e. The van der Waals surface area contributed by atoms with Gasteiger partial charge in [0, 0.05) is 17.8 Å². The van der Waals surface area contributed by atoms with Crippen molar-refractivity contribution in [1.82, 2.24) is 0 Å². The molecule has 3 rings (SSSR count). The molecule has 1 aliphatic rings. The number of aryl methyl sites for hydroxylation is 1. The molecule has 0 aliphatic carbocycles. The van der Waals surface area contributed by atoms with Gasteiger partial charge >= 0.3 is 0 Å². The number of primary amides is 1. The van der Waals surface area contributed by atoms with E-state index < -0.39 is 16.1 Å². The Morgan fingerprint density at radius 2 is 2.00 bits per heavy atom. The highest BCUT2D eigenvalue weighted by Crippen LogP contribution is 2.42. The summed E-state index contributed by atoms with van der Waals surface area (Å²) in [6, 6.07) is 14.9. The number of nitrogens with two attached hydrogens (primary N) is 1. The first-order valence-electron chi connectivity index (χ1n) is 8.56. The number of hydrogen-bond acceptors (Lipinski definition) is 6. The second-order valence-electron chi connectivity index (χ2n) is 6.40. The fraction of sp³-hybridized carbons (Fsp3) is 0.150. The third kappa shape index (κ3) is 4.12. The van der Waals surface area contributed by atoms with Gasteiger partial charge in [-0.25, -0.2) is 0 Å². The smallest absolute Gasteiger partial charge is 0.269 e. The minimum absolute atomic E-state index is 0.0704. The lowest BCUT2D eigenvalue weighted by molar-refractivity contribution is -0.384. The summed E-state index contributed by atoms with van der Waals surface area (Å²) in [6.45, 7) is 1.90. The summed E-state index contributed by atoms with van der Waals surface area (Å²) in [5.41, 5.74) is 7.08. The predicted octanol–water partition coefficient (Wildman–Crippen LogP) is 2.81. The monoisotopic (exact) mass is 408 g/mol. The van der Waals surface area contributed by atoms with E-state index in [1.807, 2.05) is 19.1 Å². The molecule has 2 amide bonds. The zero-order chi connectivity index (χ0) is 21.1. The van der Waals surface area contributed by atoms with Gasteiger partial charge in [0.15, 0.2) is 0 Å². The van der Waals surface area contributed by atoms with Crippen molar-refractivity contribution in [3.05, 3.63) is 80.4 Å². The van der Waals surface area contributed by atoms with E-state index in [0.717, 1.165) is 17.3 Å². The van der Waals surface area contributed by atoms with Crippen molar-refractivity contribution < 1.29 is 14.5 Å². The van der Waals surface area contributed by atoms with Crippen molar-refractivity contribution in [2.45, 2.75) is 18.6 Å². The SMILES string of the molecule is Cc1ccc(N2C(=O)[C@@H](Cc3cccc([N+](=O)[O-])c3)S/C2=C(\C#N)C(N)=O)cc1. The summed E-state index contributed by atoms with van der Waals surface area (Å²) in [5.74, 6) is -1.25. The van der Waals surface area contributed by atoms with Crippen LogP contribution in [0, 0.1) is 28.4 Å². The summed E-state index contributed by atoms with van der Waals surface area (Å²) in [7, 11) is 0. The van der Waals surface area contributed by atoms with Crippen LogP contribution in [-0.2, 0) is 16.0 Å². The van der Waals surface area contributed by atoms with Crippen molar-refractivity contribution >= 4 is 35.0 Å². The van der Waals surface area contributed by atoms with E-state index in [0.29, 0.717) is 11.3 Å². The molecular formula is C20H16N4O4S. The van der Waals surface area contributed by atoms with Gasteiger partial charge in [-0.05, 0) is 31.0 Å². The van der Waals surface area contributed by atoms with Crippen LogP contribution in [0.4, 0.5) is 11.4 Å². The summed E-state index contributed by atoms with van der Waals surface area (Å²) in [5, 5.41) is 19.9. The molecule has 146 valence electrons. The maximum absolute atomic E-state index is 13.1. The lowest BCUT2D eigenvalue weighted by Gasteiger charge is -2.18. The normalized spacial score (nSPS) is 17.7. The van der Waals surface area contributed by atoms with E-state index >= 15 is 0 Å². The average molecular weight is 408 g/mol. The number of nitro benzene ring substituents is 1. The van der Waals surface area contributed by atoms with E-state index in [1.165, 1.54) is 17.0 Å². The van der Waals surface area contributed by atoms with Crippen LogP contribution in [0.3, 0.4) is 0 Å². The first-order chi connectivity index (χ1) is 13.8. The van der Waals surface area contributed by atoms with Gasteiger partial charge in [-0.1, -0.05) is 41.6 Å². The second kappa shape index (κ2) is 8.16. The van der Waals surface area contributed by atoms with Gasteiger partial charge in [-0.3, -0.25) is 24.6 Å². The van der Waals surface area contributed by atoms with E-state index in [2.05, 4.69) is 0 Å². The van der Waals surface area contributed by atoms with Gasteiger partial charge in [0.2, 0.25) is 5.91 Å². The summed E-state index contributed by atoms with van der Waals surface area (Å²) in [4.78, 5) is 36.7. The molecule has 1 saturated heterocycles. The molecule has 29 heavy (non-hydrogen) atoms. The molecule has 0 aromatic heterocycles. The van der Waals surface area contributed by atoms with Crippen LogP contribution in [0.2, 0.25) is 0 Å². The standard InChI is InChI=1S/C20H16N4O4S/c1-12-5-7-14(8-6-12)23-19(26)17(29-20(23)16(11-21)18(22)25)10-13-3-2-4-15(9-13)24(27)28/h2-9,17H,10H2,1H3,(H2,22,25)/b20-16+/t17-/m1/s1. The molecule has 1 aliphatic heterocycles. The van der Waals surface area contributed by atoms with E-state index in [1.54, 1.807) is 30.3 Å². The number of hydrogen-bond donors (Lipinski definition) is 1. The number of anilines is 1. The van der Waals surface area contributed by atoms with Crippen LogP contribution in [0.5, 0.6) is 0 Å². The summed E-state index contributed by atoms with van der Waals surface area (Å²) < 4.78 is 0. The van der Waals surface area contributed by atoms with Crippen molar-refractivity contribution in [1.29, 1.82) is 5.26 Å². The minimum Gasteiger partial charge on any atom is -0.365 e. The van der Waals surface area contributed by atoms with E-state index in [-0.39, 0.29) is 28.6 Å². The molecule has 0 spiro atoms. The Morgan fingerprint density at radius 1 is 1.31 bits per heavy atom. The second-order valence-corrected chi connectivity index (χ2v) is 7.59. The van der Waals surface area contributed by atoms with Crippen molar-refractivity contribution in [2.75, 3.05) is 4.90 Å².